The van der Waals surface area contributed by atoms with Gasteiger partial charge >= 0.3 is 0 Å². The maximum atomic E-state index is 6.16. The summed E-state index contributed by atoms with van der Waals surface area (Å²) in [6.45, 7) is 9.57. The molecule has 1 N–H and O–H groups in total. The van der Waals surface area contributed by atoms with Crippen LogP contribution in [-0.4, -0.2) is 17.7 Å². The average molecular weight is 312 g/mol. The molecule has 0 unspecified atom stereocenters. The SMILES string of the molecule is Cc1cc(OC2(CNC(C)(C)C)CC2)ccc1Br. The predicted octanol–water partition coefficient (Wildman–Crippen LogP) is 4.06. The van der Waals surface area contributed by atoms with Crippen molar-refractivity contribution in [1.29, 1.82) is 0 Å². The quantitative estimate of drug-likeness (QED) is 0.905. The number of nitrogens with one attached hydrogen (secondary N) is 1. The van der Waals surface area contributed by atoms with Crippen molar-refractivity contribution in [3.8, 4) is 5.75 Å². The fraction of sp³-hybridized carbons (Fsp3) is 0.600. The van der Waals surface area contributed by atoms with E-state index in [9.17, 15) is 0 Å². The molecule has 0 spiro atoms. The van der Waals surface area contributed by atoms with Gasteiger partial charge in [-0.3, -0.25) is 0 Å². The molecule has 0 radical (unpaired) electrons. The van der Waals surface area contributed by atoms with Crippen LogP contribution in [0.2, 0.25) is 0 Å². The molecule has 1 aliphatic rings. The molecule has 0 saturated heterocycles. The van der Waals surface area contributed by atoms with E-state index in [-0.39, 0.29) is 11.1 Å². The van der Waals surface area contributed by atoms with Crippen LogP contribution < -0.4 is 10.1 Å². The van der Waals surface area contributed by atoms with Gasteiger partial charge in [0.2, 0.25) is 0 Å². The molecular weight excluding hydrogens is 290 g/mol. The normalized spacial score (nSPS) is 17.6. The lowest BCUT2D eigenvalue weighted by Gasteiger charge is -2.26. The Balaban J connectivity index is 1.98. The Bertz CT molecular complexity index is 433. The van der Waals surface area contributed by atoms with Crippen LogP contribution in [-0.2, 0) is 0 Å². The van der Waals surface area contributed by atoms with Crippen LogP contribution in [0.5, 0.6) is 5.75 Å². The standard InChI is InChI=1S/C15H22BrNO/c1-11-9-12(5-6-13(11)16)18-15(7-8-15)10-17-14(2,3)4/h5-6,9,17H,7-8,10H2,1-4H3. The fourth-order valence-electron chi connectivity index (χ4n) is 1.81. The van der Waals surface area contributed by atoms with Crippen LogP contribution in [0.15, 0.2) is 22.7 Å². The lowest BCUT2D eigenvalue weighted by Crippen LogP contribution is -2.43. The van der Waals surface area contributed by atoms with Crippen molar-refractivity contribution in [3.05, 3.63) is 28.2 Å². The molecule has 1 aromatic carbocycles. The monoisotopic (exact) mass is 311 g/mol. The summed E-state index contributed by atoms with van der Waals surface area (Å²) < 4.78 is 7.29. The Morgan fingerprint density at radius 2 is 2.00 bits per heavy atom. The summed E-state index contributed by atoms with van der Waals surface area (Å²) in [6.07, 6.45) is 2.29. The van der Waals surface area contributed by atoms with E-state index in [1.54, 1.807) is 0 Å². The smallest absolute Gasteiger partial charge is 0.122 e. The van der Waals surface area contributed by atoms with Gasteiger partial charge in [0.25, 0.3) is 0 Å². The molecule has 2 rings (SSSR count). The highest BCUT2D eigenvalue weighted by Crippen LogP contribution is 2.40. The predicted molar refractivity (Wildman–Crippen MR) is 79.2 cm³/mol. The fourth-order valence-corrected chi connectivity index (χ4v) is 2.06. The van der Waals surface area contributed by atoms with E-state index in [0.29, 0.717) is 0 Å². The molecule has 3 heteroatoms. The van der Waals surface area contributed by atoms with Crippen molar-refractivity contribution in [2.24, 2.45) is 0 Å². The Hall–Kier alpha value is -0.540. The minimum atomic E-state index is 0.0214. The number of benzene rings is 1. The summed E-state index contributed by atoms with van der Waals surface area (Å²) >= 11 is 3.51. The van der Waals surface area contributed by atoms with Crippen LogP contribution in [0.25, 0.3) is 0 Å². The zero-order valence-corrected chi connectivity index (χ0v) is 13.2. The molecule has 1 aromatic rings. The number of rotatable bonds is 4. The molecule has 0 heterocycles. The van der Waals surface area contributed by atoms with Gasteiger partial charge in [0.05, 0.1) is 0 Å². The highest BCUT2D eigenvalue weighted by molar-refractivity contribution is 9.10. The highest BCUT2D eigenvalue weighted by Gasteiger charge is 2.45. The van der Waals surface area contributed by atoms with Crippen molar-refractivity contribution in [2.75, 3.05) is 6.54 Å². The van der Waals surface area contributed by atoms with Gasteiger partial charge in [-0.1, -0.05) is 15.9 Å². The van der Waals surface area contributed by atoms with Crippen LogP contribution in [0.1, 0.15) is 39.2 Å². The first-order valence-electron chi connectivity index (χ1n) is 6.50. The first-order valence-corrected chi connectivity index (χ1v) is 7.29. The average Bonchev–Trinajstić information content (AvgIpc) is 3.01. The van der Waals surface area contributed by atoms with Crippen molar-refractivity contribution in [1.82, 2.24) is 5.32 Å². The molecule has 0 aromatic heterocycles. The van der Waals surface area contributed by atoms with Crippen molar-refractivity contribution in [3.63, 3.8) is 0 Å². The molecule has 100 valence electrons. The summed E-state index contributed by atoms with van der Waals surface area (Å²) in [4.78, 5) is 0. The molecule has 1 fully saturated rings. The summed E-state index contributed by atoms with van der Waals surface area (Å²) in [5.41, 5.74) is 1.38. The molecule has 0 amide bonds. The molecule has 0 aliphatic heterocycles. The molecule has 18 heavy (non-hydrogen) atoms. The van der Waals surface area contributed by atoms with Gasteiger partial charge < -0.3 is 10.1 Å². The summed E-state index contributed by atoms with van der Waals surface area (Å²) in [5, 5.41) is 3.54. The lowest BCUT2D eigenvalue weighted by atomic mass is 10.1. The maximum Gasteiger partial charge on any atom is 0.122 e. The maximum absolute atomic E-state index is 6.16. The third-order valence-corrected chi connectivity index (χ3v) is 4.10. The van der Waals surface area contributed by atoms with Crippen molar-refractivity contribution >= 4 is 15.9 Å². The number of aryl methyl sites for hydroxylation is 1. The summed E-state index contributed by atoms with van der Waals surface area (Å²) in [6, 6.07) is 6.19. The van der Waals surface area contributed by atoms with Gasteiger partial charge in [-0.2, -0.15) is 0 Å². The lowest BCUT2D eigenvalue weighted by molar-refractivity contribution is 0.164. The Morgan fingerprint density at radius 3 is 2.50 bits per heavy atom. The number of halogens is 1. The minimum absolute atomic E-state index is 0.0214. The molecular formula is C15H22BrNO. The zero-order valence-electron chi connectivity index (χ0n) is 11.6. The molecule has 0 bridgehead atoms. The molecule has 1 aliphatic carbocycles. The van der Waals surface area contributed by atoms with Gasteiger partial charge in [-0.05, 0) is 64.3 Å². The third kappa shape index (κ3) is 3.72. The topological polar surface area (TPSA) is 21.3 Å². The van der Waals surface area contributed by atoms with Crippen LogP contribution in [0.4, 0.5) is 0 Å². The molecule has 1 saturated carbocycles. The third-order valence-electron chi connectivity index (χ3n) is 3.21. The minimum Gasteiger partial charge on any atom is -0.486 e. The summed E-state index contributed by atoms with van der Waals surface area (Å²) in [5.74, 6) is 0.976. The van der Waals surface area contributed by atoms with E-state index in [1.165, 1.54) is 5.56 Å². The van der Waals surface area contributed by atoms with E-state index >= 15 is 0 Å². The number of hydrogen-bond acceptors (Lipinski definition) is 2. The zero-order chi connectivity index (χ0) is 13.4. The van der Waals surface area contributed by atoms with Crippen LogP contribution >= 0.6 is 15.9 Å². The number of hydrogen-bond donors (Lipinski definition) is 1. The number of ether oxygens (including phenoxy) is 1. The van der Waals surface area contributed by atoms with Crippen molar-refractivity contribution in [2.45, 2.75) is 51.7 Å². The van der Waals surface area contributed by atoms with E-state index in [0.717, 1.165) is 29.6 Å². The van der Waals surface area contributed by atoms with Crippen molar-refractivity contribution < 1.29 is 4.74 Å². The summed E-state index contributed by atoms with van der Waals surface area (Å²) in [7, 11) is 0. The van der Waals surface area contributed by atoms with Gasteiger partial charge in [0.15, 0.2) is 0 Å². The Kier molecular flexibility index (Phi) is 3.75. The first-order chi connectivity index (χ1) is 8.30. The van der Waals surface area contributed by atoms with E-state index in [2.05, 4.69) is 61.1 Å². The van der Waals surface area contributed by atoms with E-state index in [1.807, 2.05) is 6.07 Å². The van der Waals surface area contributed by atoms with Gasteiger partial charge in [0.1, 0.15) is 11.4 Å². The van der Waals surface area contributed by atoms with Gasteiger partial charge in [-0.15, -0.1) is 0 Å². The van der Waals surface area contributed by atoms with E-state index < -0.39 is 0 Å². The second kappa shape index (κ2) is 4.86. The highest BCUT2D eigenvalue weighted by atomic mass is 79.9. The Morgan fingerprint density at radius 1 is 1.33 bits per heavy atom. The largest absolute Gasteiger partial charge is 0.486 e. The first kappa shape index (κ1) is 13.9. The van der Waals surface area contributed by atoms with Gasteiger partial charge in [0, 0.05) is 16.6 Å². The molecule has 2 nitrogen and oxygen atoms in total. The van der Waals surface area contributed by atoms with Gasteiger partial charge in [-0.25, -0.2) is 0 Å². The molecule has 0 atom stereocenters. The van der Waals surface area contributed by atoms with Crippen LogP contribution in [0.3, 0.4) is 0 Å². The second-order valence-electron chi connectivity index (χ2n) is 6.30. The van der Waals surface area contributed by atoms with E-state index in [4.69, 9.17) is 4.74 Å². The Labute approximate surface area is 118 Å². The van der Waals surface area contributed by atoms with Crippen LogP contribution in [0, 0.1) is 6.92 Å². The second-order valence-corrected chi connectivity index (χ2v) is 7.15.